The van der Waals surface area contributed by atoms with E-state index in [1.54, 1.807) is 7.11 Å². The molecular formula is C22H31N3O4S. The van der Waals surface area contributed by atoms with Gasteiger partial charge in [-0.05, 0) is 50.5 Å². The molecule has 164 valence electrons. The van der Waals surface area contributed by atoms with Crippen LogP contribution in [0.5, 0.6) is 5.75 Å². The molecule has 0 unspecified atom stereocenters. The third kappa shape index (κ3) is 4.40. The number of aryl methyl sites for hydroxylation is 3. The highest BCUT2D eigenvalue weighted by Crippen LogP contribution is 2.31. The van der Waals surface area contributed by atoms with Crippen LogP contribution in [0.3, 0.4) is 0 Å². The number of benzene rings is 1. The maximum Gasteiger partial charge on any atom is 0.226 e. The second-order valence-electron chi connectivity index (χ2n) is 8.53. The van der Waals surface area contributed by atoms with Gasteiger partial charge in [-0.1, -0.05) is 0 Å². The van der Waals surface area contributed by atoms with Crippen LogP contribution in [0.2, 0.25) is 0 Å². The molecular weight excluding hydrogens is 402 g/mol. The van der Waals surface area contributed by atoms with Crippen molar-refractivity contribution >= 4 is 9.84 Å². The van der Waals surface area contributed by atoms with Crippen molar-refractivity contribution in [3.8, 4) is 17.2 Å². The molecule has 2 aromatic rings. The Balaban J connectivity index is 1.41. The van der Waals surface area contributed by atoms with Gasteiger partial charge < -0.3 is 9.15 Å². The molecule has 0 radical (unpaired) electrons. The van der Waals surface area contributed by atoms with Crippen LogP contribution in [-0.2, 0) is 16.4 Å². The largest absolute Gasteiger partial charge is 0.496 e. The standard InChI is InChI=1S/C22H31N3O4S/c1-15-12-21(28-4)16(2)11-19(15)22-23-20(17(3)29-22)13-24-6-8-25(9-7-24)18-5-10-30(26,27)14-18/h11-12,18H,5-10,13-14H2,1-4H3/t18-/m1/s1. The summed E-state index contributed by atoms with van der Waals surface area (Å²) in [6.45, 7) is 10.4. The normalized spacial score (nSPS) is 22.5. The Morgan fingerprint density at radius 3 is 2.50 bits per heavy atom. The van der Waals surface area contributed by atoms with Gasteiger partial charge in [0.15, 0.2) is 9.84 Å². The number of aromatic nitrogens is 1. The summed E-state index contributed by atoms with van der Waals surface area (Å²) in [6.07, 6.45) is 0.773. The number of ether oxygens (including phenoxy) is 1. The maximum absolute atomic E-state index is 11.8. The molecule has 7 nitrogen and oxygen atoms in total. The van der Waals surface area contributed by atoms with E-state index >= 15 is 0 Å². The van der Waals surface area contributed by atoms with E-state index in [1.165, 1.54) is 0 Å². The molecule has 1 aromatic carbocycles. The summed E-state index contributed by atoms with van der Waals surface area (Å²) in [5.74, 6) is 3.03. The number of rotatable bonds is 5. The predicted molar refractivity (Wildman–Crippen MR) is 117 cm³/mol. The van der Waals surface area contributed by atoms with Gasteiger partial charge in [-0.2, -0.15) is 0 Å². The van der Waals surface area contributed by atoms with Crippen molar-refractivity contribution in [3.05, 3.63) is 34.7 Å². The summed E-state index contributed by atoms with van der Waals surface area (Å²) >= 11 is 0. The van der Waals surface area contributed by atoms with Crippen LogP contribution in [0, 0.1) is 20.8 Å². The summed E-state index contributed by atoms with van der Waals surface area (Å²) < 4.78 is 35.0. The molecule has 0 spiro atoms. The van der Waals surface area contributed by atoms with E-state index in [1.807, 2.05) is 26.8 Å². The topological polar surface area (TPSA) is 75.9 Å². The van der Waals surface area contributed by atoms with Crippen LogP contribution in [0.4, 0.5) is 0 Å². The summed E-state index contributed by atoms with van der Waals surface area (Å²) in [7, 11) is -1.15. The Hall–Kier alpha value is -1.90. The molecule has 4 rings (SSSR count). The average Bonchev–Trinajstić information content (AvgIpc) is 3.26. The van der Waals surface area contributed by atoms with Gasteiger partial charge in [0.2, 0.25) is 5.89 Å². The van der Waals surface area contributed by atoms with Crippen LogP contribution in [0.25, 0.3) is 11.5 Å². The number of hydrogen-bond donors (Lipinski definition) is 0. The Labute approximate surface area is 178 Å². The first-order chi connectivity index (χ1) is 14.3. The molecule has 0 N–H and O–H groups in total. The molecule has 0 saturated carbocycles. The number of piperazine rings is 1. The third-order valence-electron chi connectivity index (χ3n) is 6.37. The van der Waals surface area contributed by atoms with Gasteiger partial charge in [0.25, 0.3) is 0 Å². The molecule has 0 bridgehead atoms. The monoisotopic (exact) mass is 433 g/mol. The van der Waals surface area contributed by atoms with Gasteiger partial charge in [0.1, 0.15) is 11.5 Å². The van der Waals surface area contributed by atoms with Crippen molar-refractivity contribution in [2.45, 2.75) is 39.8 Å². The first-order valence-corrected chi connectivity index (χ1v) is 12.4. The summed E-state index contributed by atoms with van der Waals surface area (Å²) in [5.41, 5.74) is 4.09. The Morgan fingerprint density at radius 2 is 1.87 bits per heavy atom. The van der Waals surface area contributed by atoms with Gasteiger partial charge in [0, 0.05) is 44.3 Å². The SMILES string of the molecule is COc1cc(C)c(-c2nc(CN3CCN([C@@H]4CCS(=O)(=O)C4)CC3)c(C)o2)cc1C. The highest BCUT2D eigenvalue weighted by Gasteiger charge is 2.33. The zero-order valence-electron chi connectivity index (χ0n) is 18.3. The van der Waals surface area contributed by atoms with Gasteiger partial charge in [-0.15, -0.1) is 0 Å². The van der Waals surface area contributed by atoms with Crippen LogP contribution < -0.4 is 4.74 Å². The second kappa shape index (κ2) is 8.32. The van der Waals surface area contributed by atoms with E-state index < -0.39 is 9.84 Å². The number of nitrogens with zero attached hydrogens (tertiary/aromatic N) is 3. The fourth-order valence-corrected chi connectivity index (χ4v) is 6.25. The molecule has 8 heteroatoms. The molecule has 1 atom stereocenters. The van der Waals surface area contributed by atoms with Crippen molar-refractivity contribution in [1.29, 1.82) is 0 Å². The zero-order valence-corrected chi connectivity index (χ0v) is 19.1. The van der Waals surface area contributed by atoms with Gasteiger partial charge in [-0.3, -0.25) is 9.80 Å². The van der Waals surface area contributed by atoms with E-state index in [4.69, 9.17) is 14.1 Å². The number of methoxy groups -OCH3 is 1. The highest BCUT2D eigenvalue weighted by molar-refractivity contribution is 7.91. The molecule has 30 heavy (non-hydrogen) atoms. The Kier molecular flexibility index (Phi) is 5.92. The minimum atomic E-state index is -2.83. The van der Waals surface area contributed by atoms with Crippen molar-refractivity contribution in [1.82, 2.24) is 14.8 Å². The minimum Gasteiger partial charge on any atom is -0.496 e. The average molecular weight is 434 g/mol. The van der Waals surface area contributed by atoms with E-state index in [-0.39, 0.29) is 6.04 Å². The lowest BCUT2D eigenvalue weighted by molar-refractivity contribution is 0.0990. The molecule has 1 aromatic heterocycles. The van der Waals surface area contributed by atoms with E-state index in [9.17, 15) is 8.42 Å². The smallest absolute Gasteiger partial charge is 0.226 e. The number of hydrogen-bond acceptors (Lipinski definition) is 7. The van der Waals surface area contributed by atoms with Crippen LogP contribution >= 0.6 is 0 Å². The lowest BCUT2D eigenvalue weighted by Gasteiger charge is -2.37. The van der Waals surface area contributed by atoms with Crippen molar-refractivity contribution < 1.29 is 17.6 Å². The fraction of sp³-hybridized carbons (Fsp3) is 0.591. The molecule has 2 aliphatic heterocycles. The number of sulfone groups is 1. The molecule has 3 heterocycles. The van der Waals surface area contributed by atoms with E-state index in [0.717, 1.165) is 73.0 Å². The summed E-state index contributed by atoms with van der Waals surface area (Å²) in [4.78, 5) is 9.52. The summed E-state index contributed by atoms with van der Waals surface area (Å²) in [5, 5.41) is 0. The molecule has 2 aliphatic rings. The van der Waals surface area contributed by atoms with Crippen molar-refractivity contribution in [2.75, 3.05) is 44.8 Å². The molecule has 0 amide bonds. The second-order valence-corrected chi connectivity index (χ2v) is 10.8. The minimum absolute atomic E-state index is 0.193. The van der Waals surface area contributed by atoms with Crippen molar-refractivity contribution in [3.63, 3.8) is 0 Å². The Bertz CT molecular complexity index is 1020. The Morgan fingerprint density at radius 1 is 1.13 bits per heavy atom. The van der Waals surface area contributed by atoms with Crippen LogP contribution in [-0.4, -0.2) is 74.0 Å². The van der Waals surface area contributed by atoms with Gasteiger partial charge in [0.05, 0.1) is 24.3 Å². The molecule has 0 aliphatic carbocycles. The maximum atomic E-state index is 11.8. The van der Waals surface area contributed by atoms with E-state index in [2.05, 4.69) is 15.9 Å². The number of oxazole rings is 1. The highest BCUT2D eigenvalue weighted by atomic mass is 32.2. The predicted octanol–water partition coefficient (Wildman–Crippen LogP) is 2.58. The quantitative estimate of drug-likeness (QED) is 0.717. The lowest BCUT2D eigenvalue weighted by atomic mass is 10.0. The van der Waals surface area contributed by atoms with Crippen LogP contribution in [0.1, 0.15) is 29.0 Å². The van der Waals surface area contributed by atoms with Gasteiger partial charge in [-0.25, -0.2) is 13.4 Å². The zero-order chi connectivity index (χ0) is 21.5. The first kappa shape index (κ1) is 21.3. The van der Waals surface area contributed by atoms with Crippen molar-refractivity contribution in [2.24, 2.45) is 0 Å². The van der Waals surface area contributed by atoms with Gasteiger partial charge >= 0.3 is 0 Å². The van der Waals surface area contributed by atoms with Crippen LogP contribution in [0.15, 0.2) is 16.5 Å². The molecule has 2 fully saturated rings. The fourth-order valence-electron chi connectivity index (χ4n) is 4.49. The third-order valence-corrected chi connectivity index (χ3v) is 8.12. The first-order valence-electron chi connectivity index (χ1n) is 10.5. The molecule has 2 saturated heterocycles. The van der Waals surface area contributed by atoms with E-state index in [0.29, 0.717) is 17.4 Å². The summed E-state index contributed by atoms with van der Waals surface area (Å²) in [6, 6.07) is 4.28. The lowest BCUT2D eigenvalue weighted by Crippen LogP contribution is -2.50.